The summed E-state index contributed by atoms with van der Waals surface area (Å²) in [5.41, 5.74) is -0.220. The van der Waals surface area contributed by atoms with E-state index in [2.05, 4.69) is 0 Å². The first-order valence-corrected chi connectivity index (χ1v) is 4.79. The summed E-state index contributed by atoms with van der Waals surface area (Å²) in [5, 5.41) is 0. The van der Waals surface area contributed by atoms with E-state index in [1.165, 1.54) is 0 Å². The van der Waals surface area contributed by atoms with Gasteiger partial charge in [0.15, 0.2) is 5.78 Å². The Balaban J connectivity index is 2.27. The van der Waals surface area contributed by atoms with Gasteiger partial charge in [0.2, 0.25) is 0 Å². The Hall–Kier alpha value is -1.29. The Morgan fingerprint density at radius 2 is 2.20 bits per heavy atom. The molecule has 2 rings (SSSR count). The maximum atomic E-state index is 13.2. The van der Waals surface area contributed by atoms with Crippen molar-refractivity contribution in [3.8, 4) is 0 Å². The van der Waals surface area contributed by atoms with E-state index < -0.39 is 23.5 Å². The molecule has 0 aromatic heterocycles. The van der Waals surface area contributed by atoms with Gasteiger partial charge in [-0.05, 0) is 31.0 Å². The summed E-state index contributed by atoms with van der Waals surface area (Å²) in [6.07, 6.45) is 0.753. The van der Waals surface area contributed by atoms with Crippen molar-refractivity contribution < 1.29 is 18.3 Å². The summed E-state index contributed by atoms with van der Waals surface area (Å²) in [6.45, 7) is 0.507. The minimum atomic E-state index is -0.697. The van der Waals surface area contributed by atoms with Gasteiger partial charge in [-0.15, -0.1) is 0 Å². The largest absolute Gasteiger partial charge is 0.370 e. The van der Waals surface area contributed by atoms with Crippen LogP contribution in [0, 0.1) is 11.6 Å². The number of hydrogen-bond donors (Lipinski definition) is 0. The summed E-state index contributed by atoms with van der Waals surface area (Å²) in [5.74, 6) is -1.78. The van der Waals surface area contributed by atoms with Crippen LogP contribution in [-0.2, 0) is 4.74 Å². The second kappa shape index (κ2) is 4.06. The first kappa shape index (κ1) is 10.2. The number of benzene rings is 1. The van der Waals surface area contributed by atoms with Crippen molar-refractivity contribution in [2.45, 2.75) is 18.9 Å². The highest BCUT2D eigenvalue weighted by Gasteiger charge is 2.26. The van der Waals surface area contributed by atoms with Crippen LogP contribution >= 0.6 is 0 Å². The van der Waals surface area contributed by atoms with Crippen LogP contribution < -0.4 is 0 Å². The van der Waals surface area contributed by atoms with E-state index in [1.54, 1.807) is 0 Å². The molecule has 0 N–H and O–H groups in total. The van der Waals surface area contributed by atoms with Crippen molar-refractivity contribution in [1.82, 2.24) is 0 Å². The average Bonchev–Trinajstić information content (AvgIpc) is 2.74. The van der Waals surface area contributed by atoms with E-state index in [1.807, 2.05) is 0 Å². The maximum Gasteiger partial charge on any atom is 0.194 e. The molecule has 0 amide bonds. The summed E-state index contributed by atoms with van der Waals surface area (Å²) >= 11 is 0. The molecule has 0 bridgehead atoms. The van der Waals surface area contributed by atoms with Gasteiger partial charge in [0, 0.05) is 6.61 Å². The van der Waals surface area contributed by atoms with Gasteiger partial charge in [0.05, 0.1) is 5.56 Å². The average molecular weight is 212 g/mol. The monoisotopic (exact) mass is 212 g/mol. The lowest BCUT2D eigenvalue weighted by Crippen LogP contribution is -2.20. The normalized spacial score (nSPS) is 20.5. The van der Waals surface area contributed by atoms with Crippen molar-refractivity contribution in [3.05, 3.63) is 35.4 Å². The Morgan fingerprint density at radius 1 is 1.40 bits per heavy atom. The van der Waals surface area contributed by atoms with Gasteiger partial charge < -0.3 is 4.74 Å². The molecule has 0 spiro atoms. The molecule has 1 saturated heterocycles. The molecule has 1 atom stereocenters. The van der Waals surface area contributed by atoms with Crippen LogP contribution in [0.4, 0.5) is 8.78 Å². The van der Waals surface area contributed by atoms with Crippen molar-refractivity contribution in [1.29, 1.82) is 0 Å². The van der Waals surface area contributed by atoms with Crippen LogP contribution in [0.1, 0.15) is 23.2 Å². The quantitative estimate of drug-likeness (QED) is 0.703. The lowest BCUT2D eigenvalue weighted by Gasteiger charge is -2.08. The maximum absolute atomic E-state index is 13.2. The number of halogens is 2. The lowest BCUT2D eigenvalue weighted by atomic mass is 10.0. The second-order valence-corrected chi connectivity index (χ2v) is 3.49. The van der Waals surface area contributed by atoms with E-state index >= 15 is 0 Å². The van der Waals surface area contributed by atoms with Crippen LogP contribution in [0.25, 0.3) is 0 Å². The predicted octanol–water partition coefficient (Wildman–Crippen LogP) is 2.33. The molecule has 1 aromatic rings. The minimum Gasteiger partial charge on any atom is -0.370 e. The van der Waals surface area contributed by atoms with E-state index in [-0.39, 0.29) is 5.56 Å². The van der Waals surface area contributed by atoms with E-state index in [4.69, 9.17) is 4.74 Å². The summed E-state index contributed by atoms with van der Waals surface area (Å²) in [6, 6.07) is 2.86. The van der Waals surface area contributed by atoms with Crippen molar-refractivity contribution in [2.75, 3.05) is 6.61 Å². The highest BCUT2D eigenvalue weighted by molar-refractivity contribution is 5.99. The molecule has 1 unspecified atom stereocenters. The Bertz CT molecular complexity index is 384. The van der Waals surface area contributed by atoms with Crippen LogP contribution in [0.2, 0.25) is 0 Å². The molecule has 0 aliphatic carbocycles. The number of ketones is 1. The number of carbonyl (C=O) groups excluding carboxylic acids is 1. The molecular weight excluding hydrogens is 202 g/mol. The topological polar surface area (TPSA) is 26.3 Å². The number of rotatable bonds is 2. The molecule has 1 fully saturated rings. The first-order chi connectivity index (χ1) is 7.18. The number of ether oxygens (including phenoxy) is 1. The highest BCUT2D eigenvalue weighted by Crippen LogP contribution is 2.19. The Kier molecular flexibility index (Phi) is 2.77. The van der Waals surface area contributed by atoms with Gasteiger partial charge in [0.25, 0.3) is 0 Å². The summed E-state index contributed by atoms with van der Waals surface area (Å²) in [4.78, 5) is 11.7. The van der Waals surface area contributed by atoms with Crippen LogP contribution in [0.15, 0.2) is 18.2 Å². The molecule has 1 aliphatic heterocycles. The molecule has 0 saturated carbocycles. The molecule has 80 valence electrons. The minimum absolute atomic E-state index is 0.220. The zero-order valence-corrected chi connectivity index (χ0v) is 8.00. The third kappa shape index (κ3) is 2.04. The van der Waals surface area contributed by atoms with E-state index in [0.29, 0.717) is 13.0 Å². The first-order valence-electron chi connectivity index (χ1n) is 4.79. The van der Waals surface area contributed by atoms with E-state index in [9.17, 15) is 13.6 Å². The third-order valence-corrected chi connectivity index (χ3v) is 2.42. The molecule has 1 heterocycles. The Morgan fingerprint density at radius 3 is 2.87 bits per heavy atom. The van der Waals surface area contributed by atoms with Crippen LogP contribution in [0.3, 0.4) is 0 Å². The summed E-state index contributed by atoms with van der Waals surface area (Å²) < 4.78 is 31.2. The second-order valence-electron chi connectivity index (χ2n) is 3.49. The zero-order valence-electron chi connectivity index (χ0n) is 8.00. The van der Waals surface area contributed by atoms with Crippen molar-refractivity contribution in [3.63, 3.8) is 0 Å². The van der Waals surface area contributed by atoms with Crippen molar-refractivity contribution >= 4 is 5.78 Å². The fraction of sp³-hybridized carbons (Fsp3) is 0.364. The molecular formula is C11H10F2O2. The standard InChI is InChI=1S/C11H10F2O2/c12-7-3-4-9(13)8(6-7)11(14)10-2-1-5-15-10/h3-4,6,10H,1-2,5H2. The molecule has 4 heteroatoms. The van der Waals surface area contributed by atoms with Gasteiger partial charge in [-0.1, -0.05) is 0 Å². The van der Waals surface area contributed by atoms with Gasteiger partial charge >= 0.3 is 0 Å². The summed E-state index contributed by atoms with van der Waals surface area (Å²) in [7, 11) is 0. The van der Waals surface area contributed by atoms with E-state index in [0.717, 1.165) is 24.6 Å². The third-order valence-electron chi connectivity index (χ3n) is 2.42. The van der Waals surface area contributed by atoms with Crippen LogP contribution in [0.5, 0.6) is 0 Å². The van der Waals surface area contributed by atoms with Crippen LogP contribution in [-0.4, -0.2) is 18.5 Å². The number of hydrogen-bond acceptors (Lipinski definition) is 2. The van der Waals surface area contributed by atoms with Gasteiger partial charge in [-0.2, -0.15) is 0 Å². The van der Waals surface area contributed by atoms with Gasteiger partial charge in [-0.25, -0.2) is 8.78 Å². The molecule has 2 nitrogen and oxygen atoms in total. The zero-order chi connectivity index (χ0) is 10.8. The molecule has 1 aromatic carbocycles. The fourth-order valence-corrected chi connectivity index (χ4v) is 1.64. The molecule has 1 aliphatic rings. The van der Waals surface area contributed by atoms with Gasteiger partial charge in [0.1, 0.15) is 17.7 Å². The smallest absolute Gasteiger partial charge is 0.194 e. The fourth-order valence-electron chi connectivity index (χ4n) is 1.64. The molecule has 0 radical (unpaired) electrons. The SMILES string of the molecule is O=C(c1cc(F)ccc1F)C1CCCO1. The number of carbonyl (C=O) groups is 1. The van der Waals surface area contributed by atoms with Crippen molar-refractivity contribution in [2.24, 2.45) is 0 Å². The number of Topliss-reactive ketones (excluding diaryl/α,β-unsaturated/α-hetero) is 1. The van der Waals surface area contributed by atoms with Gasteiger partial charge in [-0.3, -0.25) is 4.79 Å². The Labute approximate surface area is 85.9 Å². The predicted molar refractivity (Wildman–Crippen MR) is 49.7 cm³/mol. The lowest BCUT2D eigenvalue weighted by molar-refractivity contribution is 0.0638. The highest BCUT2D eigenvalue weighted by atomic mass is 19.1. The molecule has 15 heavy (non-hydrogen) atoms.